The van der Waals surface area contributed by atoms with E-state index < -0.39 is 0 Å². The summed E-state index contributed by atoms with van der Waals surface area (Å²) in [5.74, 6) is 0.254. The highest BCUT2D eigenvalue weighted by molar-refractivity contribution is 6.20. The Morgan fingerprint density at radius 2 is 1.03 bits per heavy atom. The van der Waals surface area contributed by atoms with Crippen LogP contribution < -0.4 is 4.90 Å². The molecule has 0 N–H and O–H groups in total. The summed E-state index contributed by atoms with van der Waals surface area (Å²) in [7, 11) is 0. The van der Waals surface area contributed by atoms with Gasteiger partial charge in [-0.1, -0.05) is 116 Å². The minimum atomic E-state index is 0.0127. The molecule has 3 nitrogen and oxygen atoms in total. The normalized spacial score (nSPS) is 15.6. The lowest BCUT2D eigenvalue weighted by Crippen LogP contribution is -2.14. The lowest BCUT2D eigenvalue weighted by Gasteiger charge is -2.27. The molecule has 2 aliphatic rings. The Balaban J connectivity index is 1.20. The first-order valence-corrected chi connectivity index (χ1v) is 21.6. The van der Waals surface area contributed by atoms with Gasteiger partial charge in [0.15, 0.2) is 0 Å². The van der Waals surface area contributed by atoms with Crippen LogP contribution in [0.5, 0.6) is 0 Å². The van der Waals surface area contributed by atoms with Gasteiger partial charge in [0.1, 0.15) is 0 Å². The Hall–Kier alpha value is -5.80. The molecule has 9 aromatic rings. The van der Waals surface area contributed by atoms with Crippen LogP contribution in [0.15, 0.2) is 109 Å². The van der Waals surface area contributed by atoms with E-state index in [2.05, 4.69) is 205 Å². The number of allylic oxidation sites excluding steroid dienone is 1. The molecule has 0 spiro atoms. The van der Waals surface area contributed by atoms with Gasteiger partial charge in [-0.15, -0.1) is 0 Å². The Labute approximate surface area is 348 Å². The number of rotatable bonds is 3. The Morgan fingerprint density at radius 3 is 1.64 bits per heavy atom. The molecule has 1 atom stereocenters. The zero-order valence-electron chi connectivity index (χ0n) is 36.6. The van der Waals surface area contributed by atoms with E-state index in [0.29, 0.717) is 0 Å². The number of nitrogens with zero attached hydrogens (tertiary/aromatic N) is 3. The molecule has 0 amide bonds. The summed E-state index contributed by atoms with van der Waals surface area (Å²) in [4.78, 5) is 2.42. The molecule has 0 saturated carbocycles. The average Bonchev–Trinajstić information content (AvgIpc) is 3.90. The predicted molar refractivity (Wildman–Crippen MR) is 254 cm³/mol. The number of fused-ring (bicyclic) bond motifs is 12. The molecular formula is C56H55N3. The molecule has 6 aromatic carbocycles. The van der Waals surface area contributed by atoms with Crippen LogP contribution >= 0.6 is 0 Å². The van der Waals surface area contributed by atoms with Gasteiger partial charge >= 0.3 is 0 Å². The van der Waals surface area contributed by atoms with Gasteiger partial charge in [-0.3, -0.25) is 0 Å². The first kappa shape index (κ1) is 36.3. The van der Waals surface area contributed by atoms with E-state index in [1.165, 1.54) is 105 Å². The lowest BCUT2D eigenvalue weighted by atomic mass is 9.80. The third kappa shape index (κ3) is 5.26. The van der Waals surface area contributed by atoms with E-state index in [-0.39, 0.29) is 22.2 Å². The summed E-state index contributed by atoms with van der Waals surface area (Å²) in [6.07, 6.45) is 3.55. The summed E-state index contributed by atoms with van der Waals surface area (Å²) in [6.45, 7) is 25.5. The molecule has 1 aliphatic carbocycles. The minimum absolute atomic E-state index is 0.0127. The van der Waals surface area contributed by atoms with Crippen LogP contribution in [0.3, 0.4) is 0 Å². The van der Waals surface area contributed by atoms with Gasteiger partial charge in [-0.05, 0) is 125 Å². The lowest BCUT2D eigenvalue weighted by molar-refractivity contribution is 0.590. The van der Waals surface area contributed by atoms with Crippen LogP contribution in [0.4, 0.5) is 17.1 Å². The number of anilines is 3. The highest BCUT2D eigenvalue weighted by Gasteiger charge is 2.39. The van der Waals surface area contributed by atoms with Crippen molar-refractivity contribution in [1.82, 2.24) is 8.97 Å². The van der Waals surface area contributed by atoms with Crippen molar-refractivity contribution in [3.8, 4) is 0 Å². The second kappa shape index (κ2) is 11.9. The van der Waals surface area contributed by atoms with E-state index in [1.54, 1.807) is 0 Å². The summed E-state index contributed by atoms with van der Waals surface area (Å²) < 4.78 is 5.30. The Morgan fingerprint density at radius 1 is 0.492 bits per heavy atom. The molecule has 0 radical (unpaired) electrons. The van der Waals surface area contributed by atoms with Gasteiger partial charge in [0.25, 0.3) is 0 Å². The van der Waals surface area contributed by atoms with Gasteiger partial charge in [0.2, 0.25) is 0 Å². The number of aryl methyl sites for hydroxylation is 2. The number of hydrogen-bond acceptors (Lipinski definition) is 1. The van der Waals surface area contributed by atoms with E-state index in [0.717, 1.165) is 17.8 Å². The second-order valence-electron chi connectivity index (χ2n) is 20.9. The van der Waals surface area contributed by atoms with E-state index in [9.17, 15) is 0 Å². The SMILES string of the molecule is Cc1ccc(N(c2ccc(C)cc2)c2ccc3c4cc(C(C)(C)C)cc5c4n(c3c2)C2=Cc3c(n4c6ccc(C(C)(C)C)cc6c6cc(C(C)(C)C)cc3c64)CC25)cc1. The van der Waals surface area contributed by atoms with Crippen LogP contribution in [0.1, 0.15) is 113 Å². The molecular weight excluding hydrogens is 715 g/mol. The van der Waals surface area contributed by atoms with Crippen molar-refractivity contribution in [3.05, 3.63) is 154 Å². The zero-order chi connectivity index (χ0) is 41.1. The fourth-order valence-electron chi connectivity index (χ4n) is 10.3. The van der Waals surface area contributed by atoms with Crippen molar-refractivity contribution in [2.75, 3.05) is 4.90 Å². The standard InChI is InChI=1S/C56H55N3/c1-32-12-17-37(18-13-32)57(38-19-14-33(2)15-20-38)39-21-22-40-44-25-35(55(6,7)8)27-46-43-30-50-42(31-51(43)59(52(44)46)49(40)29-39)47-28-36(56(9,10)11)26-45-41-24-34(54(3,4)5)16-23-48(41)58(50)53(45)47/h12-29,31,43H,30H2,1-11H3. The summed E-state index contributed by atoms with van der Waals surface area (Å²) >= 11 is 0. The Bertz CT molecular complexity index is 3190. The fourth-order valence-corrected chi connectivity index (χ4v) is 10.3. The van der Waals surface area contributed by atoms with Crippen LogP contribution in [0, 0.1) is 13.8 Å². The van der Waals surface area contributed by atoms with Crippen molar-refractivity contribution < 1.29 is 0 Å². The zero-order valence-corrected chi connectivity index (χ0v) is 36.6. The summed E-state index contributed by atoms with van der Waals surface area (Å²) in [5.41, 5.74) is 21.3. The maximum atomic E-state index is 2.65. The second-order valence-corrected chi connectivity index (χ2v) is 20.9. The highest BCUT2D eigenvalue weighted by Crippen LogP contribution is 2.55. The molecule has 59 heavy (non-hydrogen) atoms. The fraction of sp³-hybridized carbons (Fsp3) is 0.286. The summed E-state index contributed by atoms with van der Waals surface area (Å²) in [5, 5.41) is 6.82. The van der Waals surface area contributed by atoms with Crippen LogP contribution in [0.25, 0.3) is 60.8 Å². The molecule has 294 valence electrons. The van der Waals surface area contributed by atoms with E-state index >= 15 is 0 Å². The predicted octanol–water partition coefficient (Wildman–Crippen LogP) is 15.4. The van der Waals surface area contributed by atoms with Crippen molar-refractivity contribution in [2.24, 2.45) is 0 Å². The van der Waals surface area contributed by atoms with Crippen LogP contribution in [-0.2, 0) is 22.7 Å². The highest BCUT2D eigenvalue weighted by atomic mass is 15.1. The third-order valence-corrected chi connectivity index (χ3v) is 13.7. The Kier molecular flexibility index (Phi) is 7.32. The molecule has 0 bridgehead atoms. The molecule has 1 unspecified atom stereocenters. The van der Waals surface area contributed by atoms with Crippen molar-refractivity contribution >= 4 is 77.8 Å². The molecule has 3 aromatic heterocycles. The van der Waals surface area contributed by atoms with E-state index in [1.807, 2.05) is 0 Å². The molecule has 11 rings (SSSR count). The third-order valence-electron chi connectivity index (χ3n) is 13.7. The quantitative estimate of drug-likeness (QED) is 0.174. The maximum Gasteiger partial charge on any atom is 0.0617 e. The number of benzene rings is 6. The number of aromatic nitrogens is 2. The van der Waals surface area contributed by atoms with Crippen LogP contribution in [0.2, 0.25) is 0 Å². The van der Waals surface area contributed by atoms with Gasteiger partial charge < -0.3 is 13.9 Å². The van der Waals surface area contributed by atoms with Crippen LogP contribution in [-0.4, -0.2) is 8.97 Å². The van der Waals surface area contributed by atoms with Crippen molar-refractivity contribution in [2.45, 2.75) is 105 Å². The molecule has 0 saturated heterocycles. The first-order chi connectivity index (χ1) is 28.0. The molecule has 1 aliphatic heterocycles. The first-order valence-electron chi connectivity index (χ1n) is 21.6. The summed E-state index contributed by atoms with van der Waals surface area (Å²) in [6, 6.07) is 42.4. The van der Waals surface area contributed by atoms with Gasteiger partial charge in [0, 0.05) is 73.3 Å². The minimum Gasteiger partial charge on any atom is -0.312 e. The largest absolute Gasteiger partial charge is 0.312 e. The van der Waals surface area contributed by atoms with E-state index in [4.69, 9.17) is 0 Å². The van der Waals surface area contributed by atoms with Crippen molar-refractivity contribution in [1.29, 1.82) is 0 Å². The van der Waals surface area contributed by atoms with Gasteiger partial charge in [-0.2, -0.15) is 0 Å². The van der Waals surface area contributed by atoms with Gasteiger partial charge in [-0.25, -0.2) is 0 Å². The molecule has 3 heteroatoms. The molecule has 4 heterocycles. The maximum absolute atomic E-state index is 2.65. The smallest absolute Gasteiger partial charge is 0.0617 e. The molecule has 0 fully saturated rings. The average molecular weight is 770 g/mol. The number of hydrogen-bond donors (Lipinski definition) is 0. The topological polar surface area (TPSA) is 12.6 Å². The monoisotopic (exact) mass is 769 g/mol. The van der Waals surface area contributed by atoms with Crippen molar-refractivity contribution in [3.63, 3.8) is 0 Å². The van der Waals surface area contributed by atoms with Gasteiger partial charge in [0.05, 0.1) is 22.1 Å².